The van der Waals surface area contributed by atoms with E-state index in [2.05, 4.69) is 34.0 Å². The predicted molar refractivity (Wildman–Crippen MR) is 82.9 cm³/mol. The van der Waals surface area contributed by atoms with Gasteiger partial charge in [0.15, 0.2) is 0 Å². The second kappa shape index (κ2) is 6.35. The zero-order valence-electron chi connectivity index (χ0n) is 12.8. The molecule has 2 aromatic rings. The third kappa shape index (κ3) is 3.56. The first kappa shape index (κ1) is 15.0. The number of nitrogens with one attached hydrogen (secondary N) is 1. The number of hydrogen-bond donors (Lipinski definition) is 1. The van der Waals surface area contributed by atoms with Gasteiger partial charge in [-0.25, -0.2) is 4.79 Å². The van der Waals surface area contributed by atoms with Gasteiger partial charge in [-0.15, -0.1) is 0 Å². The summed E-state index contributed by atoms with van der Waals surface area (Å²) in [5.41, 5.74) is 3.38. The SMILES string of the molecule is COC(=O)c1ccc(CNc2ccc(C)c(N(C)C)c2)o1. The summed E-state index contributed by atoms with van der Waals surface area (Å²) >= 11 is 0. The number of carbonyl (C=O) groups excluding carboxylic acids is 1. The van der Waals surface area contributed by atoms with Crippen molar-refractivity contribution in [3.63, 3.8) is 0 Å². The molecule has 21 heavy (non-hydrogen) atoms. The van der Waals surface area contributed by atoms with E-state index in [4.69, 9.17) is 4.42 Å². The maximum absolute atomic E-state index is 11.3. The van der Waals surface area contributed by atoms with Crippen molar-refractivity contribution in [2.75, 3.05) is 31.4 Å². The quantitative estimate of drug-likeness (QED) is 0.857. The van der Waals surface area contributed by atoms with Crippen molar-refractivity contribution in [2.45, 2.75) is 13.5 Å². The predicted octanol–water partition coefficient (Wildman–Crippen LogP) is 3.05. The van der Waals surface area contributed by atoms with Gasteiger partial charge >= 0.3 is 5.97 Å². The molecular formula is C16H20N2O3. The van der Waals surface area contributed by atoms with Crippen LogP contribution in [0.1, 0.15) is 21.9 Å². The van der Waals surface area contributed by atoms with Crippen LogP contribution < -0.4 is 10.2 Å². The molecule has 1 N–H and O–H groups in total. The van der Waals surface area contributed by atoms with E-state index in [0.717, 1.165) is 11.4 Å². The molecule has 5 heteroatoms. The summed E-state index contributed by atoms with van der Waals surface area (Å²) in [7, 11) is 5.36. The highest BCUT2D eigenvalue weighted by Crippen LogP contribution is 2.23. The zero-order chi connectivity index (χ0) is 15.4. The van der Waals surface area contributed by atoms with Crippen molar-refractivity contribution >= 4 is 17.3 Å². The van der Waals surface area contributed by atoms with Crippen LogP contribution in [0.3, 0.4) is 0 Å². The molecule has 0 radical (unpaired) electrons. The summed E-state index contributed by atoms with van der Waals surface area (Å²) in [6, 6.07) is 9.55. The standard InChI is InChI=1S/C16H20N2O3/c1-11-5-6-12(9-14(11)18(2)3)17-10-13-7-8-15(21-13)16(19)20-4/h5-9,17H,10H2,1-4H3. The van der Waals surface area contributed by atoms with Crippen LogP contribution in [0.4, 0.5) is 11.4 Å². The first-order chi connectivity index (χ1) is 10.0. The monoisotopic (exact) mass is 288 g/mol. The first-order valence-electron chi connectivity index (χ1n) is 6.70. The fourth-order valence-corrected chi connectivity index (χ4v) is 2.07. The van der Waals surface area contributed by atoms with E-state index in [-0.39, 0.29) is 5.76 Å². The van der Waals surface area contributed by atoms with Crippen LogP contribution in [0.5, 0.6) is 0 Å². The molecule has 5 nitrogen and oxygen atoms in total. The average molecular weight is 288 g/mol. The van der Waals surface area contributed by atoms with Crippen LogP contribution in [0, 0.1) is 6.92 Å². The summed E-state index contributed by atoms with van der Waals surface area (Å²) in [4.78, 5) is 13.4. The van der Waals surface area contributed by atoms with Gasteiger partial charge in [0.05, 0.1) is 13.7 Å². The number of carbonyl (C=O) groups is 1. The number of ether oxygens (including phenoxy) is 1. The molecular weight excluding hydrogens is 268 g/mol. The Kier molecular flexibility index (Phi) is 4.52. The highest BCUT2D eigenvalue weighted by molar-refractivity contribution is 5.86. The summed E-state index contributed by atoms with van der Waals surface area (Å²) < 4.78 is 10.0. The summed E-state index contributed by atoms with van der Waals surface area (Å²) in [5.74, 6) is 0.432. The lowest BCUT2D eigenvalue weighted by molar-refractivity contribution is 0.0563. The summed E-state index contributed by atoms with van der Waals surface area (Å²) in [6.45, 7) is 2.58. The van der Waals surface area contributed by atoms with Gasteiger partial charge in [-0.1, -0.05) is 6.07 Å². The first-order valence-corrected chi connectivity index (χ1v) is 6.70. The molecule has 112 valence electrons. The average Bonchev–Trinajstić information content (AvgIpc) is 2.94. The molecule has 0 spiro atoms. The molecule has 2 rings (SSSR count). The van der Waals surface area contributed by atoms with Crippen LogP contribution in [0.2, 0.25) is 0 Å². The van der Waals surface area contributed by atoms with Crippen molar-refractivity contribution in [2.24, 2.45) is 0 Å². The number of aryl methyl sites for hydroxylation is 1. The molecule has 0 fully saturated rings. The van der Waals surface area contributed by atoms with E-state index in [1.54, 1.807) is 12.1 Å². The van der Waals surface area contributed by atoms with Crippen molar-refractivity contribution < 1.29 is 13.9 Å². The maximum atomic E-state index is 11.3. The summed E-state index contributed by atoms with van der Waals surface area (Å²) in [5, 5.41) is 3.28. The second-order valence-corrected chi connectivity index (χ2v) is 5.01. The lowest BCUT2D eigenvalue weighted by Gasteiger charge is -2.17. The van der Waals surface area contributed by atoms with Crippen molar-refractivity contribution in [3.8, 4) is 0 Å². The maximum Gasteiger partial charge on any atom is 0.373 e. The second-order valence-electron chi connectivity index (χ2n) is 5.01. The number of esters is 1. The Balaban J connectivity index is 2.04. The molecule has 0 aliphatic rings. The summed E-state index contributed by atoms with van der Waals surface area (Å²) in [6.07, 6.45) is 0. The number of furan rings is 1. The van der Waals surface area contributed by atoms with Crippen molar-refractivity contribution in [1.29, 1.82) is 0 Å². The lowest BCUT2D eigenvalue weighted by atomic mass is 10.1. The van der Waals surface area contributed by atoms with Gasteiger partial charge in [-0.3, -0.25) is 0 Å². The minimum Gasteiger partial charge on any atom is -0.463 e. The molecule has 0 saturated carbocycles. The van der Waals surface area contributed by atoms with Gasteiger partial charge in [0.1, 0.15) is 5.76 Å². The molecule has 0 atom stereocenters. The van der Waals surface area contributed by atoms with E-state index in [1.807, 2.05) is 20.2 Å². The van der Waals surface area contributed by atoms with Gasteiger partial charge in [0.2, 0.25) is 5.76 Å². The van der Waals surface area contributed by atoms with E-state index < -0.39 is 5.97 Å². The van der Waals surface area contributed by atoms with Crippen molar-refractivity contribution in [1.82, 2.24) is 0 Å². The Morgan fingerprint density at radius 1 is 1.29 bits per heavy atom. The van der Waals surface area contributed by atoms with Crippen LogP contribution in [-0.4, -0.2) is 27.2 Å². The normalized spacial score (nSPS) is 10.3. The molecule has 0 aliphatic carbocycles. The molecule has 1 aromatic heterocycles. The lowest BCUT2D eigenvalue weighted by Crippen LogP contribution is -2.10. The minimum absolute atomic E-state index is 0.215. The third-order valence-electron chi connectivity index (χ3n) is 3.21. The van der Waals surface area contributed by atoms with Gasteiger partial charge < -0.3 is 19.4 Å². The Morgan fingerprint density at radius 2 is 2.05 bits per heavy atom. The highest BCUT2D eigenvalue weighted by atomic mass is 16.5. The number of benzene rings is 1. The largest absolute Gasteiger partial charge is 0.463 e. The van der Waals surface area contributed by atoms with Crippen LogP contribution in [0.15, 0.2) is 34.7 Å². The van der Waals surface area contributed by atoms with Gasteiger partial charge in [0.25, 0.3) is 0 Å². The van der Waals surface area contributed by atoms with E-state index in [1.165, 1.54) is 12.7 Å². The Morgan fingerprint density at radius 3 is 2.71 bits per heavy atom. The third-order valence-corrected chi connectivity index (χ3v) is 3.21. The molecule has 0 unspecified atom stereocenters. The van der Waals surface area contributed by atoms with E-state index >= 15 is 0 Å². The smallest absolute Gasteiger partial charge is 0.373 e. The Hall–Kier alpha value is -2.43. The van der Waals surface area contributed by atoms with E-state index in [9.17, 15) is 4.79 Å². The zero-order valence-corrected chi connectivity index (χ0v) is 12.8. The number of rotatable bonds is 5. The molecule has 0 bridgehead atoms. The molecule has 1 aromatic carbocycles. The van der Waals surface area contributed by atoms with Crippen LogP contribution in [-0.2, 0) is 11.3 Å². The van der Waals surface area contributed by atoms with Crippen molar-refractivity contribution in [3.05, 3.63) is 47.4 Å². The molecule has 0 aliphatic heterocycles. The molecule has 1 heterocycles. The van der Waals surface area contributed by atoms with Crippen LogP contribution >= 0.6 is 0 Å². The van der Waals surface area contributed by atoms with Gasteiger partial charge in [-0.05, 0) is 36.8 Å². The minimum atomic E-state index is -0.466. The number of hydrogen-bond acceptors (Lipinski definition) is 5. The van der Waals surface area contributed by atoms with E-state index in [0.29, 0.717) is 12.3 Å². The van der Waals surface area contributed by atoms with Crippen LogP contribution in [0.25, 0.3) is 0 Å². The Bertz CT molecular complexity index is 632. The number of anilines is 2. The highest BCUT2D eigenvalue weighted by Gasteiger charge is 2.11. The topological polar surface area (TPSA) is 54.7 Å². The number of nitrogens with zero attached hydrogens (tertiary/aromatic N) is 1. The molecule has 0 amide bonds. The fourth-order valence-electron chi connectivity index (χ4n) is 2.07. The molecule has 0 saturated heterocycles. The Labute approximate surface area is 124 Å². The van der Waals surface area contributed by atoms with Gasteiger partial charge in [-0.2, -0.15) is 0 Å². The fraction of sp³-hybridized carbons (Fsp3) is 0.312. The number of methoxy groups -OCH3 is 1. The van der Waals surface area contributed by atoms with Gasteiger partial charge in [0, 0.05) is 25.5 Å².